The number of halogens is 1. The summed E-state index contributed by atoms with van der Waals surface area (Å²) in [5.41, 5.74) is 0.381. The maximum absolute atomic E-state index is 12.1. The zero-order valence-corrected chi connectivity index (χ0v) is 13.7. The molecule has 21 heavy (non-hydrogen) atoms. The summed E-state index contributed by atoms with van der Waals surface area (Å²) in [6.45, 7) is 0. The predicted molar refractivity (Wildman–Crippen MR) is 88.5 cm³/mol. The van der Waals surface area contributed by atoms with Crippen molar-refractivity contribution in [3.05, 3.63) is 67.8 Å². The van der Waals surface area contributed by atoms with Crippen LogP contribution in [0.25, 0.3) is 0 Å². The van der Waals surface area contributed by atoms with Gasteiger partial charge in [-0.3, -0.25) is 14.8 Å². The molecule has 0 unspecified atom stereocenters. The average Bonchev–Trinajstić information content (AvgIpc) is 2.37. The van der Waals surface area contributed by atoms with Gasteiger partial charge in [0.15, 0.2) is 0 Å². The van der Waals surface area contributed by atoms with Crippen LogP contribution in [0, 0.1) is 13.7 Å². The van der Waals surface area contributed by atoms with E-state index >= 15 is 0 Å². The Morgan fingerprint density at radius 3 is 2.52 bits per heavy atom. The summed E-state index contributed by atoms with van der Waals surface area (Å²) < 4.78 is 27.5. The lowest BCUT2D eigenvalue weighted by atomic mass is 10.2. The molecule has 2 aromatic carbocycles. The molecule has 110 valence electrons. The molecule has 8 heteroatoms. The van der Waals surface area contributed by atoms with Gasteiger partial charge in [0.2, 0.25) is 10.0 Å². The SMILES string of the molecule is O=[N+]([O-])c1ccccc1CS(=O)(=O)Nc1cccc(I)c1. The summed E-state index contributed by atoms with van der Waals surface area (Å²) in [6, 6.07) is 12.7. The van der Waals surface area contributed by atoms with E-state index in [1.54, 1.807) is 24.3 Å². The van der Waals surface area contributed by atoms with E-state index in [0.29, 0.717) is 5.69 Å². The number of sulfonamides is 1. The first-order chi connectivity index (χ1) is 9.87. The molecular weight excluding hydrogens is 407 g/mol. The highest BCUT2D eigenvalue weighted by Crippen LogP contribution is 2.21. The first-order valence-electron chi connectivity index (χ1n) is 5.86. The third kappa shape index (κ3) is 4.39. The van der Waals surface area contributed by atoms with Crippen molar-refractivity contribution < 1.29 is 13.3 Å². The van der Waals surface area contributed by atoms with Crippen molar-refractivity contribution in [2.75, 3.05) is 4.72 Å². The fourth-order valence-corrected chi connectivity index (χ4v) is 3.54. The molecule has 2 rings (SSSR count). The van der Waals surface area contributed by atoms with E-state index in [1.165, 1.54) is 18.2 Å². The molecule has 0 aliphatic heterocycles. The lowest BCUT2D eigenvalue weighted by Crippen LogP contribution is -2.15. The van der Waals surface area contributed by atoms with Crippen molar-refractivity contribution in [1.29, 1.82) is 0 Å². The van der Waals surface area contributed by atoms with E-state index in [2.05, 4.69) is 27.3 Å². The Kier molecular flexibility index (Phi) is 4.78. The predicted octanol–water partition coefficient (Wildman–Crippen LogP) is 3.14. The molecule has 1 N–H and O–H groups in total. The molecule has 0 saturated heterocycles. The van der Waals surface area contributed by atoms with Crippen LogP contribution in [0.15, 0.2) is 48.5 Å². The van der Waals surface area contributed by atoms with Gasteiger partial charge < -0.3 is 0 Å². The molecule has 2 aromatic rings. The Hall–Kier alpha value is -1.68. The summed E-state index contributed by atoms with van der Waals surface area (Å²) in [7, 11) is -3.72. The van der Waals surface area contributed by atoms with Gasteiger partial charge in [0.1, 0.15) is 5.75 Å². The van der Waals surface area contributed by atoms with Crippen LogP contribution in [0.2, 0.25) is 0 Å². The van der Waals surface area contributed by atoms with E-state index in [1.807, 2.05) is 6.07 Å². The number of rotatable bonds is 5. The molecule has 0 atom stereocenters. The topological polar surface area (TPSA) is 89.3 Å². The lowest BCUT2D eigenvalue weighted by Gasteiger charge is -2.08. The monoisotopic (exact) mass is 418 g/mol. The van der Waals surface area contributed by atoms with Gasteiger partial charge in [-0.2, -0.15) is 0 Å². The molecule has 0 bridgehead atoms. The smallest absolute Gasteiger partial charge is 0.273 e. The number of para-hydroxylation sites is 1. The average molecular weight is 418 g/mol. The molecular formula is C13H11IN2O4S. The van der Waals surface area contributed by atoms with E-state index in [-0.39, 0.29) is 11.3 Å². The number of anilines is 1. The molecule has 6 nitrogen and oxygen atoms in total. The normalized spacial score (nSPS) is 11.1. The maximum Gasteiger partial charge on any atom is 0.273 e. The quantitative estimate of drug-likeness (QED) is 0.459. The van der Waals surface area contributed by atoms with Gasteiger partial charge in [-0.05, 0) is 40.8 Å². The first-order valence-corrected chi connectivity index (χ1v) is 8.59. The Bertz CT molecular complexity index is 777. The number of hydrogen-bond acceptors (Lipinski definition) is 4. The van der Waals surface area contributed by atoms with Gasteiger partial charge in [-0.25, -0.2) is 8.42 Å². The number of nitrogens with one attached hydrogen (secondary N) is 1. The Morgan fingerprint density at radius 2 is 1.86 bits per heavy atom. The van der Waals surface area contributed by atoms with Gasteiger partial charge >= 0.3 is 0 Å². The van der Waals surface area contributed by atoms with Crippen LogP contribution in [0.4, 0.5) is 11.4 Å². The van der Waals surface area contributed by atoms with Crippen LogP contribution in [-0.2, 0) is 15.8 Å². The zero-order valence-electron chi connectivity index (χ0n) is 10.7. The molecule has 0 aromatic heterocycles. The minimum atomic E-state index is -3.72. The molecule has 0 radical (unpaired) electrons. The fourth-order valence-electron chi connectivity index (χ4n) is 1.78. The van der Waals surface area contributed by atoms with E-state index in [9.17, 15) is 18.5 Å². The Balaban J connectivity index is 2.24. The van der Waals surface area contributed by atoms with Crippen molar-refractivity contribution in [1.82, 2.24) is 0 Å². The highest BCUT2D eigenvalue weighted by molar-refractivity contribution is 14.1. The largest absolute Gasteiger partial charge is 0.283 e. The lowest BCUT2D eigenvalue weighted by molar-refractivity contribution is -0.385. The van der Waals surface area contributed by atoms with Crippen LogP contribution < -0.4 is 4.72 Å². The third-order valence-corrected chi connectivity index (χ3v) is 4.54. The van der Waals surface area contributed by atoms with Crippen LogP contribution in [-0.4, -0.2) is 13.3 Å². The molecule has 0 heterocycles. The Morgan fingerprint density at radius 1 is 1.14 bits per heavy atom. The van der Waals surface area contributed by atoms with Crippen LogP contribution in [0.1, 0.15) is 5.56 Å². The summed E-state index contributed by atoms with van der Waals surface area (Å²) in [5.74, 6) is -0.449. The second-order valence-electron chi connectivity index (χ2n) is 4.26. The molecule has 0 aliphatic carbocycles. The highest BCUT2D eigenvalue weighted by atomic mass is 127. The first kappa shape index (κ1) is 15.7. The minimum absolute atomic E-state index is 0.153. The molecule has 0 saturated carbocycles. The van der Waals surface area contributed by atoms with Crippen molar-refractivity contribution >= 4 is 44.0 Å². The number of benzene rings is 2. The summed E-state index contributed by atoms with van der Waals surface area (Å²) >= 11 is 2.07. The Labute approximate surface area is 135 Å². The van der Waals surface area contributed by atoms with Crippen LogP contribution in [0.5, 0.6) is 0 Å². The standard InChI is InChI=1S/C13H11IN2O4S/c14-11-5-3-6-12(8-11)15-21(19,20)9-10-4-1-2-7-13(10)16(17)18/h1-8,15H,9H2. The highest BCUT2D eigenvalue weighted by Gasteiger charge is 2.19. The van der Waals surface area contributed by atoms with Crippen molar-refractivity contribution in [2.45, 2.75) is 5.75 Å². The number of hydrogen-bond donors (Lipinski definition) is 1. The minimum Gasteiger partial charge on any atom is -0.283 e. The van der Waals surface area contributed by atoms with Crippen molar-refractivity contribution in [2.24, 2.45) is 0 Å². The van der Waals surface area contributed by atoms with E-state index < -0.39 is 20.7 Å². The van der Waals surface area contributed by atoms with Crippen molar-refractivity contribution in [3.8, 4) is 0 Å². The number of nitro benzene ring substituents is 1. The molecule has 0 aliphatic rings. The van der Waals surface area contributed by atoms with Gasteiger partial charge in [0, 0.05) is 20.9 Å². The summed E-state index contributed by atoms with van der Waals surface area (Å²) in [4.78, 5) is 10.3. The zero-order chi connectivity index (χ0) is 15.5. The number of nitrogens with zero attached hydrogens (tertiary/aromatic N) is 1. The van der Waals surface area contributed by atoms with E-state index in [0.717, 1.165) is 3.57 Å². The van der Waals surface area contributed by atoms with Gasteiger partial charge in [-0.1, -0.05) is 24.3 Å². The summed E-state index contributed by atoms with van der Waals surface area (Å²) in [5, 5.41) is 10.9. The van der Waals surface area contributed by atoms with Gasteiger partial charge in [0.25, 0.3) is 5.69 Å². The second kappa shape index (κ2) is 6.39. The summed E-state index contributed by atoms with van der Waals surface area (Å²) in [6.07, 6.45) is 0. The van der Waals surface area contributed by atoms with Crippen LogP contribution in [0.3, 0.4) is 0 Å². The van der Waals surface area contributed by atoms with Gasteiger partial charge in [0.05, 0.1) is 4.92 Å². The fraction of sp³-hybridized carbons (Fsp3) is 0.0769. The van der Waals surface area contributed by atoms with Gasteiger partial charge in [-0.15, -0.1) is 0 Å². The second-order valence-corrected chi connectivity index (χ2v) is 7.23. The van der Waals surface area contributed by atoms with Crippen molar-refractivity contribution in [3.63, 3.8) is 0 Å². The third-order valence-electron chi connectivity index (χ3n) is 2.63. The maximum atomic E-state index is 12.1. The van der Waals surface area contributed by atoms with Crippen LogP contribution >= 0.6 is 22.6 Å². The molecule has 0 fully saturated rings. The van der Waals surface area contributed by atoms with E-state index in [4.69, 9.17) is 0 Å². The number of nitro groups is 1. The molecule has 0 amide bonds. The molecule has 0 spiro atoms.